The van der Waals surface area contributed by atoms with Gasteiger partial charge in [-0.15, -0.1) is 0 Å². The van der Waals surface area contributed by atoms with E-state index >= 15 is 0 Å². The summed E-state index contributed by atoms with van der Waals surface area (Å²) >= 11 is 0. The zero-order chi connectivity index (χ0) is 18.6. The number of nitrogens with zero attached hydrogens (tertiary/aromatic N) is 2. The Balaban J connectivity index is 1.46. The van der Waals surface area contributed by atoms with E-state index in [4.69, 9.17) is 9.15 Å². The molecule has 0 radical (unpaired) electrons. The van der Waals surface area contributed by atoms with Crippen molar-refractivity contribution in [3.8, 4) is 0 Å². The summed E-state index contributed by atoms with van der Waals surface area (Å²) in [6.07, 6.45) is 5.19. The molecule has 3 aromatic rings. The van der Waals surface area contributed by atoms with E-state index in [0.717, 1.165) is 18.4 Å². The molecule has 0 N–H and O–H groups in total. The maximum absolute atomic E-state index is 12.8. The molecule has 0 unspecified atom stereocenters. The lowest BCUT2D eigenvalue weighted by Gasteiger charge is -2.32. The monoisotopic (exact) mass is 364 g/mol. The molecule has 1 atom stereocenters. The van der Waals surface area contributed by atoms with Gasteiger partial charge in [0.25, 0.3) is 5.91 Å². The van der Waals surface area contributed by atoms with Crippen molar-refractivity contribution in [2.75, 3.05) is 13.1 Å². The molecule has 3 heterocycles. The number of benzene rings is 1. The maximum atomic E-state index is 12.8. The number of likely N-dealkylation sites (tertiary alicyclic amines) is 1. The molecule has 0 spiro atoms. The molecule has 138 valence electrons. The van der Waals surface area contributed by atoms with Crippen LogP contribution in [0.3, 0.4) is 0 Å². The average molecular weight is 364 g/mol. The molecule has 1 aromatic carbocycles. The van der Waals surface area contributed by atoms with E-state index in [2.05, 4.69) is 4.98 Å². The predicted molar refractivity (Wildman–Crippen MR) is 100 cm³/mol. The highest BCUT2D eigenvalue weighted by atomic mass is 16.5. The Morgan fingerprint density at radius 1 is 1.26 bits per heavy atom. The van der Waals surface area contributed by atoms with Gasteiger partial charge >= 0.3 is 0 Å². The van der Waals surface area contributed by atoms with Gasteiger partial charge in [0.1, 0.15) is 5.58 Å². The Morgan fingerprint density at radius 2 is 2.15 bits per heavy atom. The minimum absolute atomic E-state index is 0.0462. The van der Waals surface area contributed by atoms with Crippen molar-refractivity contribution in [2.24, 2.45) is 0 Å². The van der Waals surface area contributed by atoms with Crippen molar-refractivity contribution in [2.45, 2.75) is 25.6 Å². The lowest BCUT2D eigenvalue weighted by Crippen LogP contribution is -2.43. The molecular formula is C21H20N2O4. The van der Waals surface area contributed by atoms with Crippen molar-refractivity contribution in [3.05, 3.63) is 76.4 Å². The summed E-state index contributed by atoms with van der Waals surface area (Å²) in [5.74, 6) is -0.195. The number of para-hydroxylation sites is 1. The molecule has 1 saturated heterocycles. The van der Waals surface area contributed by atoms with Gasteiger partial charge in [0.15, 0.2) is 11.2 Å². The minimum atomic E-state index is -0.271. The fourth-order valence-electron chi connectivity index (χ4n) is 3.32. The number of hydrogen-bond acceptors (Lipinski definition) is 5. The number of fused-ring (bicyclic) bond motifs is 1. The Kier molecular flexibility index (Phi) is 4.98. The number of carbonyl (C=O) groups is 1. The summed E-state index contributed by atoms with van der Waals surface area (Å²) in [5, 5.41) is 0.477. The second-order valence-corrected chi connectivity index (χ2v) is 6.66. The van der Waals surface area contributed by atoms with E-state index < -0.39 is 0 Å². The first-order valence-corrected chi connectivity index (χ1v) is 9.03. The highest BCUT2D eigenvalue weighted by molar-refractivity contribution is 5.93. The largest absolute Gasteiger partial charge is 0.451 e. The second kappa shape index (κ2) is 7.72. The van der Waals surface area contributed by atoms with Crippen LogP contribution in [0, 0.1) is 0 Å². The van der Waals surface area contributed by atoms with Crippen LogP contribution in [-0.2, 0) is 11.3 Å². The summed E-state index contributed by atoms with van der Waals surface area (Å²) < 4.78 is 11.6. The van der Waals surface area contributed by atoms with Crippen molar-refractivity contribution < 1.29 is 13.9 Å². The van der Waals surface area contributed by atoms with Crippen molar-refractivity contribution in [1.82, 2.24) is 9.88 Å². The van der Waals surface area contributed by atoms with Crippen LogP contribution in [0.25, 0.3) is 11.0 Å². The number of rotatable bonds is 4. The quantitative estimate of drug-likeness (QED) is 0.712. The first-order valence-electron chi connectivity index (χ1n) is 9.03. The minimum Gasteiger partial charge on any atom is -0.451 e. The number of carbonyl (C=O) groups excluding carboxylic acids is 1. The van der Waals surface area contributed by atoms with E-state index in [1.807, 2.05) is 12.1 Å². The fraction of sp³-hybridized carbons (Fsp3) is 0.286. The lowest BCUT2D eigenvalue weighted by atomic mass is 10.1. The normalized spacial score (nSPS) is 17.2. The SMILES string of the molecule is O=C(c1cc(=O)c2ccccc2o1)N1CCC[C@@H](OCc2cccnc2)C1. The molecule has 4 rings (SSSR count). The third-order valence-electron chi connectivity index (χ3n) is 4.72. The van der Waals surface area contributed by atoms with E-state index in [1.54, 1.807) is 41.6 Å². The summed E-state index contributed by atoms with van der Waals surface area (Å²) in [6, 6.07) is 12.1. The Hall–Kier alpha value is -2.99. The first kappa shape index (κ1) is 17.4. The van der Waals surface area contributed by atoms with Gasteiger partial charge in [-0.2, -0.15) is 0 Å². The number of piperidine rings is 1. The average Bonchev–Trinajstić information content (AvgIpc) is 2.73. The van der Waals surface area contributed by atoms with Gasteiger partial charge < -0.3 is 14.1 Å². The van der Waals surface area contributed by atoms with Gasteiger partial charge in [0, 0.05) is 31.5 Å². The molecule has 0 aliphatic carbocycles. The third kappa shape index (κ3) is 3.90. The third-order valence-corrected chi connectivity index (χ3v) is 4.72. The highest BCUT2D eigenvalue weighted by Crippen LogP contribution is 2.19. The van der Waals surface area contributed by atoms with Crippen LogP contribution in [0.15, 0.2) is 64.1 Å². The first-order chi connectivity index (χ1) is 13.2. The molecule has 1 amide bonds. The highest BCUT2D eigenvalue weighted by Gasteiger charge is 2.27. The van der Waals surface area contributed by atoms with Gasteiger partial charge in [0.05, 0.1) is 18.1 Å². The molecule has 0 saturated carbocycles. The second-order valence-electron chi connectivity index (χ2n) is 6.66. The van der Waals surface area contributed by atoms with Crippen LogP contribution < -0.4 is 5.43 Å². The summed E-state index contributed by atoms with van der Waals surface area (Å²) in [6.45, 7) is 1.57. The number of pyridine rings is 1. The number of ether oxygens (including phenoxy) is 1. The van der Waals surface area contributed by atoms with Gasteiger partial charge in [-0.05, 0) is 36.6 Å². The van der Waals surface area contributed by atoms with Crippen LogP contribution in [-0.4, -0.2) is 35.0 Å². The van der Waals surface area contributed by atoms with Gasteiger partial charge in [-0.25, -0.2) is 0 Å². The standard InChI is InChI=1S/C21H20N2O4/c24-18-11-20(27-19-8-2-1-7-17(18)19)21(25)23-10-4-6-16(13-23)26-14-15-5-3-9-22-12-15/h1-3,5,7-9,11-12,16H,4,6,10,13-14H2/t16-/m1/s1. The predicted octanol–water partition coefficient (Wildman–Crippen LogP) is 3.01. The molecule has 0 bridgehead atoms. The molecule has 1 fully saturated rings. The number of amides is 1. The van der Waals surface area contributed by atoms with Crippen LogP contribution in [0.4, 0.5) is 0 Å². The molecule has 1 aliphatic heterocycles. The number of hydrogen-bond donors (Lipinski definition) is 0. The number of aromatic nitrogens is 1. The zero-order valence-corrected chi connectivity index (χ0v) is 14.8. The van der Waals surface area contributed by atoms with Gasteiger partial charge in [-0.1, -0.05) is 18.2 Å². The van der Waals surface area contributed by atoms with Gasteiger partial charge in [-0.3, -0.25) is 14.6 Å². The summed E-state index contributed by atoms with van der Waals surface area (Å²) in [7, 11) is 0. The van der Waals surface area contributed by atoms with Crippen LogP contribution >= 0.6 is 0 Å². The topological polar surface area (TPSA) is 72.6 Å². The maximum Gasteiger partial charge on any atom is 0.289 e. The van der Waals surface area contributed by atoms with E-state index in [0.29, 0.717) is 30.7 Å². The summed E-state index contributed by atoms with van der Waals surface area (Å²) in [4.78, 5) is 30.9. The van der Waals surface area contributed by atoms with Crippen LogP contribution in [0.2, 0.25) is 0 Å². The molecular weight excluding hydrogens is 344 g/mol. The Morgan fingerprint density at radius 3 is 3.00 bits per heavy atom. The summed E-state index contributed by atoms with van der Waals surface area (Å²) in [5.41, 5.74) is 1.22. The smallest absolute Gasteiger partial charge is 0.289 e. The lowest BCUT2D eigenvalue weighted by molar-refractivity contribution is -0.00760. The zero-order valence-electron chi connectivity index (χ0n) is 14.8. The molecule has 6 nitrogen and oxygen atoms in total. The van der Waals surface area contributed by atoms with Crippen molar-refractivity contribution >= 4 is 16.9 Å². The Bertz CT molecular complexity index is 1000. The van der Waals surface area contributed by atoms with Crippen LogP contribution in [0.5, 0.6) is 0 Å². The van der Waals surface area contributed by atoms with E-state index in [-0.39, 0.29) is 23.2 Å². The molecule has 6 heteroatoms. The van der Waals surface area contributed by atoms with Crippen molar-refractivity contribution in [3.63, 3.8) is 0 Å². The van der Waals surface area contributed by atoms with Crippen LogP contribution in [0.1, 0.15) is 29.0 Å². The van der Waals surface area contributed by atoms with Crippen molar-refractivity contribution in [1.29, 1.82) is 0 Å². The fourth-order valence-corrected chi connectivity index (χ4v) is 3.32. The molecule has 2 aromatic heterocycles. The molecule has 1 aliphatic rings. The molecule has 27 heavy (non-hydrogen) atoms. The van der Waals surface area contributed by atoms with E-state index in [1.165, 1.54) is 6.07 Å². The Labute approximate surface area is 156 Å². The van der Waals surface area contributed by atoms with Gasteiger partial charge in [0.2, 0.25) is 0 Å². The van der Waals surface area contributed by atoms with E-state index in [9.17, 15) is 9.59 Å².